The van der Waals surface area contributed by atoms with Crippen molar-refractivity contribution in [2.24, 2.45) is 5.73 Å². The monoisotopic (exact) mass is 260 g/mol. The van der Waals surface area contributed by atoms with E-state index in [1.54, 1.807) is 11.8 Å². The molecule has 1 amide bonds. The number of hydrogen-bond donors (Lipinski definition) is 2. The first-order chi connectivity index (χ1) is 7.99. The summed E-state index contributed by atoms with van der Waals surface area (Å²) in [7, 11) is 0. The van der Waals surface area contributed by atoms with Crippen LogP contribution in [0.5, 0.6) is 0 Å². The minimum atomic E-state index is -0.247. The van der Waals surface area contributed by atoms with Crippen molar-refractivity contribution in [1.82, 2.24) is 5.32 Å². The topological polar surface area (TPSA) is 55.1 Å². The second-order valence-corrected chi connectivity index (χ2v) is 6.10. The normalized spacial score (nSPS) is 13.5. The van der Waals surface area contributed by atoms with Gasteiger partial charge in [0.25, 0.3) is 0 Å². The van der Waals surface area contributed by atoms with E-state index in [9.17, 15) is 4.79 Å². The first-order valence-corrected chi connectivity index (χ1v) is 7.72. The summed E-state index contributed by atoms with van der Waals surface area (Å²) in [5.74, 6) is 1.17. The van der Waals surface area contributed by atoms with Crippen LogP contribution in [0.15, 0.2) is 0 Å². The van der Waals surface area contributed by atoms with Gasteiger partial charge in [0.2, 0.25) is 5.91 Å². The third kappa shape index (κ3) is 6.94. The fourth-order valence-corrected chi connectivity index (χ4v) is 2.43. The number of carbonyl (C=O) groups is 1. The van der Waals surface area contributed by atoms with Crippen LogP contribution in [-0.4, -0.2) is 29.0 Å². The zero-order valence-electron chi connectivity index (χ0n) is 11.7. The molecule has 0 aliphatic heterocycles. The minimum absolute atomic E-state index is 0.0273. The molecule has 1 unspecified atom stereocenters. The summed E-state index contributed by atoms with van der Waals surface area (Å²) in [6.45, 7) is 8.84. The van der Waals surface area contributed by atoms with Crippen LogP contribution in [0.3, 0.4) is 0 Å². The number of nitrogens with one attached hydrogen (secondary N) is 1. The molecule has 0 bridgehead atoms. The largest absolute Gasteiger partial charge is 0.353 e. The summed E-state index contributed by atoms with van der Waals surface area (Å²) >= 11 is 1.72. The number of amides is 1. The summed E-state index contributed by atoms with van der Waals surface area (Å²) in [5.41, 5.74) is 5.90. The maximum atomic E-state index is 11.8. The van der Waals surface area contributed by atoms with Crippen LogP contribution in [0.2, 0.25) is 0 Å². The van der Waals surface area contributed by atoms with Gasteiger partial charge >= 0.3 is 0 Å². The Morgan fingerprint density at radius 2 is 1.94 bits per heavy atom. The molecule has 0 saturated heterocycles. The van der Waals surface area contributed by atoms with Crippen LogP contribution in [0.25, 0.3) is 0 Å². The molecule has 0 rings (SSSR count). The van der Waals surface area contributed by atoms with Gasteiger partial charge in [0.05, 0.1) is 5.25 Å². The molecular weight excluding hydrogens is 232 g/mol. The highest BCUT2D eigenvalue weighted by Gasteiger charge is 2.22. The lowest BCUT2D eigenvalue weighted by molar-refractivity contribution is -0.120. The fourth-order valence-electron chi connectivity index (χ4n) is 1.39. The standard InChI is InChI=1S/C13H28N2OS/c1-5-8-9-17-11(4)12(16)15-10-13(14,6-2)7-3/h11H,5-10,14H2,1-4H3,(H,15,16). The Morgan fingerprint density at radius 1 is 1.35 bits per heavy atom. The molecule has 0 saturated carbocycles. The molecule has 3 N–H and O–H groups in total. The first-order valence-electron chi connectivity index (χ1n) is 6.67. The molecule has 0 aromatic carbocycles. The van der Waals surface area contributed by atoms with Gasteiger partial charge in [0.1, 0.15) is 0 Å². The van der Waals surface area contributed by atoms with Gasteiger partial charge in [0, 0.05) is 12.1 Å². The van der Waals surface area contributed by atoms with E-state index in [0.29, 0.717) is 6.54 Å². The molecule has 0 fully saturated rings. The smallest absolute Gasteiger partial charge is 0.232 e. The van der Waals surface area contributed by atoms with Crippen LogP contribution in [0, 0.1) is 0 Å². The Hall–Kier alpha value is -0.220. The average molecular weight is 260 g/mol. The van der Waals surface area contributed by atoms with E-state index < -0.39 is 0 Å². The second-order valence-electron chi connectivity index (χ2n) is 4.65. The Balaban J connectivity index is 3.92. The number of hydrogen-bond acceptors (Lipinski definition) is 3. The molecule has 3 nitrogen and oxygen atoms in total. The minimum Gasteiger partial charge on any atom is -0.353 e. The number of rotatable bonds is 9. The van der Waals surface area contributed by atoms with E-state index in [2.05, 4.69) is 26.1 Å². The highest BCUT2D eigenvalue weighted by Crippen LogP contribution is 2.14. The fraction of sp³-hybridized carbons (Fsp3) is 0.923. The molecule has 0 heterocycles. The molecule has 0 aliphatic rings. The zero-order chi connectivity index (χ0) is 13.3. The van der Waals surface area contributed by atoms with E-state index in [1.165, 1.54) is 12.8 Å². The van der Waals surface area contributed by atoms with Gasteiger partial charge < -0.3 is 11.1 Å². The highest BCUT2D eigenvalue weighted by atomic mass is 32.2. The highest BCUT2D eigenvalue weighted by molar-refractivity contribution is 8.00. The predicted octanol–water partition coefficient (Wildman–Crippen LogP) is 2.54. The van der Waals surface area contributed by atoms with E-state index >= 15 is 0 Å². The van der Waals surface area contributed by atoms with Crippen molar-refractivity contribution < 1.29 is 4.79 Å². The molecule has 0 aliphatic carbocycles. The van der Waals surface area contributed by atoms with Crippen LogP contribution < -0.4 is 11.1 Å². The maximum Gasteiger partial charge on any atom is 0.232 e. The number of thioether (sulfide) groups is 1. The lowest BCUT2D eigenvalue weighted by Crippen LogP contribution is -2.50. The van der Waals surface area contributed by atoms with Crippen molar-refractivity contribution in [3.8, 4) is 0 Å². The molecule has 0 radical (unpaired) electrons. The molecule has 0 aromatic heterocycles. The molecule has 1 atom stereocenters. The molecule has 0 spiro atoms. The van der Waals surface area contributed by atoms with Gasteiger partial charge in [-0.2, -0.15) is 0 Å². The van der Waals surface area contributed by atoms with E-state index in [0.717, 1.165) is 18.6 Å². The third-order valence-corrected chi connectivity index (χ3v) is 4.50. The Morgan fingerprint density at radius 3 is 2.41 bits per heavy atom. The van der Waals surface area contributed by atoms with Crippen LogP contribution in [0.4, 0.5) is 0 Å². The summed E-state index contributed by atoms with van der Waals surface area (Å²) in [5, 5.41) is 2.99. The van der Waals surface area contributed by atoms with Crippen molar-refractivity contribution in [1.29, 1.82) is 0 Å². The van der Waals surface area contributed by atoms with E-state index in [4.69, 9.17) is 5.73 Å². The van der Waals surface area contributed by atoms with Crippen molar-refractivity contribution >= 4 is 17.7 Å². The van der Waals surface area contributed by atoms with Gasteiger partial charge in [0.15, 0.2) is 0 Å². The maximum absolute atomic E-state index is 11.8. The number of unbranched alkanes of at least 4 members (excludes halogenated alkanes) is 1. The summed E-state index contributed by atoms with van der Waals surface area (Å²) in [6.07, 6.45) is 4.13. The van der Waals surface area contributed by atoms with Gasteiger partial charge in [-0.25, -0.2) is 0 Å². The number of carbonyl (C=O) groups excluding carboxylic acids is 1. The summed E-state index contributed by atoms with van der Waals surface area (Å²) < 4.78 is 0. The molecule has 4 heteroatoms. The number of nitrogens with two attached hydrogens (primary N) is 1. The van der Waals surface area contributed by atoms with Crippen molar-refractivity contribution in [3.05, 3.63) is 0 Å². The lowest BCUT2D eigenvalue weighted by Gasteiger charge is -2.27. The van der Waals surface area contributed by atoms with Crippen molar-refractivity contribution in [3.63, 3.8) is 0 Å². The van der Waals surface area contributed by atoms with E-state index in [1.807, 2.05) is 6.92 Å². The Kier molecular flexibility index (Phi) is 8.70. The van der Waals surface area contributed by atoms with Crippen molar-refractivity contribution in [2.75, 3.05) is 12.3 Å². The quantitative estimate of drug-likeness (QED) is 0.626. The molecule has 0 aromatic rings. The van der Waals surface area contributed by atoms with Crippen LogP contribution in [-0.2, 0) is 4.79 Å². The van der Waals surface area contributed by atoms with Crippen molar-refractivity contribution in [2.45, 2.75) is 64.2 Å². The molecular formula is C13H28N2OS. The molecule has 17 heavy (non-hydrogen) atoms. The summed E-state index contributed by atoms with van der Waals surface area (Å²) in [6, 6.07) is 0. The SMILES string of the molecule is CCCCSC(C)C(=O)NCC(N)(CC)CC. The Labute approximate surface area is 110 Å². The van der Waals surface area contributed by atoms with Gasteiger partial charge in [-0.1, -0.05) is 27.2 Å². The van der Waals surface area contributed by atoms with Gasteiger partial charge in [-0.3, -0.25) is 4.79 Å². The summed E-state index contributed by atoms with van der Waals surface area (Å²) in [4.78, 5) is 11.8. The zero-order valence-corrected chi connectivity index (χ0v) is 12.5. The van der Waals surface area contributed by atoms with E-state index in [-0.39, 0.29) is 16.7 Å². The molecule has 102 valence electrons. The van der Waals surface area contributed by atoms with Gasteiger partial charge in [-0.05, 0) is 31.9 Å². The third-order valence-electron chi connectivity index (χ3n) is 3.26. The Bertz CT molecular complexity index is 217. The predicted molar refractivity (Wildman–Crippen MR) is 77.3 cm³/mol. The van der Waals surface area contributed by atoms with Gasteiger partial charge in [-0.15, -0.1) is 11.8 Å². The first kappa shape index (κ1) is 16.8. The van der Waals surface area contributed by atoms with Crippen LogP contribution >= 0.6 is 11.8 Å². The average Bonchev–Trinajstić information content (AvgIpc) is 2.35. The second kappa shape index (κ2) is 8.81. The lowest BCUT2D eigenvalue weighted by atomic mass is 9.94. The van der Waals surface area contributed by atoms with Crippen LogP contribution in [0.1, 0.15) is 53.4 Å².